The van der Waals surface area contributed by atoms with Gasteiger partial charge >= 0.3 is 0 Å². The van der Waals surface area contributed by atoms with E-state index in [0.29, 0.717) is 23.0 Å². The van der Waals surface area contributed by atoms with Crippen LogP contribution < -0.4 is 5.32 Å². The van der Waals surface area contributed by atoms with Gasteiger partial charge in [0.15, 0.2) is 0 Å². The second-order valence-electron chi connectivity index (χ2n) is 9.34. The molecule has 0 unspecified atom stereocenters. The number of hydrogen-bond acceptors (Lipinski definition) is 3. The molecular weight excluding hydrogens is 499 g/mol. The average molecular weight is 530 g/mol. The summed E-state index contributed by atoms with van der Waals surface area (Å²) in [5.74, 6) is -0.103. The van der Waals surface area contributed by atoms with Gasteiger partial charge in [-0.1, -0.05) is 65.7 Å². The monoisotopic (exact) mass is 528 g/mol. The van der Waals surface area contributed by atoms with Crippen molar-refractivity contribution in [2.24, 2.45) is 0 Å². The molecule has 7 heteroatoms. The Morgan fingerprint density at radius 3 is 2.00 bits per heavy atom. The molecule has 4 nitrogen and oxygen atoms in total. The van der Waals surface area contributed by atoms with E-state index in [1.165, 1.54) is 11.8 Å². The molecule has 0 aliphatic heterocycles. The molecule has 0 aromatic heterocycles. The normalized spacial score (nSPS) is 12.1. The summed E-state index contributed by atoms with van der Waals surface area (Å²) in [6.07, 6.45) is 0.410. The number of thioether (sulfide) groups is 1. The van der Waals surface area contributed by atoms with Crippen molar-refractivity contribution in [3.63, 3.8) is 0 Å². The van der Waals surface area contributed by atoms with E-state index in [0.717, 1.165) is 16.0 Å². The van der Waals surface area contributed by atoms with Gasteiger partial charge in [0.05, 0.1) is 5.75 Å². The third kappa shape index (κ3) is 8.92. The van der Waals surface area contributed by atoms with Crippen LogP contribution in [-0.4, -0.2) is 34.0 Å². The number of amides is 2. The highest BCUT2D eigenvalue weighted by atomic mass is 35.5. The summed E-state index contributed by atoms with van der Waals surface area (Å²) in [5.41, 5.74) is 1.46. The van der Waals surface area contributed by atoms with Crippen LogP contribution in [0.4, 0.5) is 0 Å². The molecule has 3 aromatic carbocycles. The summed E-state index contributed by atoms with van der Waals surface area (Å²) in [6.45, 7) is 6.11. The first-order chi connectivity index (χ1) is 16.6. The number of rotatable bonds is 9. The van der Waals surface area contributed by atoms with Crippen LogP contribution in [-0.2, 0) is 22.6 Å². The smallest absolute Gasteiger partial charge is 0.243 e. The SMILES string of the molecule is CC(C)(C)NC(=O)[C@@H](Cc1ccccc1)N(Cc1ccc(Cl)cc1)C(=O)CSc1ccc(Cl)cc1. The molecule has 0 aliphatic carbocycles. The number of nitrogens with zero attached hydrogens (tertiary/aromatic N) is 1. The van der Waals surface area contributed by atoms with E-state index in [-0.39, 0.29) is 17.6 Å². The number of benzene rings is 3. The standard InChI is InChI=1S/C28H30Cl2N2O2S/c1-28(2,3)31-27(34)25(17-20-7-5-4-6-8-20)32(18-21-9-11-22(29)12-10-21)26(33)19-35-24-15-13-23(30)14-16-24/h4-16,25H,17-19H2,1-3H3,(H,31,34)/t25-/m1/s1. The van der Waals surface area contributed by atoms with Gasteiger partial charge in [-0.25, -0.2) is 0 Å². The molecule has 1 atom stereocenters. The van der Waals surface area contributed by atoms with Crippen LogP contribution in [0.15, 0.2) is 83.8 Å². The van der Waals surface area contributed by atoms with E-state index in [9.17, 15) is 9.59 Å². The zero-order valence-corrected chi connectivity index (χ0v) is 22.5. The first-order valence-electron chi connectivity index (χ1n) is 11.4. The Hall–Kier alpha value is -2.47. The Morgan fingerprint density at radius 1 is 0.857 bits per heavy atom. The van der Waals surface area contributed by atoms with Crippen LogP contribution in [0, 0.1) is 0 Å². The molecular formula is C28H30Cl2N2O2S. The van der Waals surface area contributed by atoms with E-state index in [4.69, 9.17) is 23.2 Å². The molecule has 3 aromatic rings. The topological polar surface area (TPSA) is 49.4 Å². The summed E-state index contributed by atoms with van der Waals surface area (Å²) in [7, 11) is 0. The molecule has 0 aliphatic rings. The van der Waals surface area contributed by atoms with E-state index in [1.807, 2.05) is 75.4 Å². The molecule has 0 spiro atoms. The van der Waals surface area contributed by atoms with Crippen molar-refractivity contribution in [1.82, 2.24) is 10.2 Å². The van der Waals surface area contributed by atoms with Crippen LogP contribution in [0.2, 0.25) is 10.0 Å². The number of carbonyl (C=O) groups is 2. The van der Waals surface area contributed by atoms with Crippen molar-refractivity contribution in [3.05, 3.63) is 100 Å². The lowest BCUT2D eigenvalue weighted by Crippen LogP contribution is -2.54. The molecule has 184 valence electrons. The summed E-state index contributed by atoms with van der Waals surface area (Å²) in [6, 6.07) is 23.8. The second-order valence-corrected chi connectivity index (χ2v) is 11.3. The molecule has 35 heavy (non-hydrogen) atoms. The lowest BCUT2D eigenvalue weighted by Gasteiger charge is -2.34. The molecule has 2 amide bonds. The van der Waals surface area contributed by atoms with E-state index < -0.39 is 11.6 Å². The highest BCUT2D eigenvalue weighted by Crippen LogP contribution is 2.23. The predicted octanol–water partition coefficient (Wildman–Crippen LogP) is 6.64. The minimum atomic E-state index is -0.675. The van der Waals surface area contributed by atoms with Gasteiger partial charge in [0.2, 0.25) is 11.8 Å². The van der Waals surface area contributed by atoms with E-state index in [2.05, 4.69) is 5.32 Å². The average Bonchev–Trinajstić information content (AvgIpc) is 2.81. The maximum atomic E-state index is 13.6. The summed E-state index contributed by atoms with van der Waals surface area (Å²) < 4.78 is 0. The van der Waals surface area contributed by atoms with Crippen molar-refractivity contribution >= 4 is 46.8 Å². The summed E-state index contributed by atoms with van der Waals surface area (Å²) in [5, 5.41) is 4.34. The summed E-state index contributed by atoms with van der Waals surface area (Å²) >= 11 is 13.5. The maximum absolute atomic E-state index is 13.6. The van der Waals surface area contributed by atoms with Crippen LogP contribution >= 0.6 is 35.0 Å². The lowest BCUT2D eigenvalue weighted by molar-refractivity contribution is -0.140. The van der Waals surface area contributed by atoms with E-state index in [1.54, 1.807) is 29.2 Å². The fraction of sp³-hybridized carbons (Fsp3) is 0.286. The maximum Gasteiger partial charge on any atom is 0.243 e. The van der Waals surface area contributed by atoms with Gasteiger partial charge in [-0.15, -0.1) is 11.8 Å². The van der Waals surface area contributed by atoms with Crippen LogP contribution in [0.1, 0.15) is 31.9 Å². The van der Waals surface area contributed by atoms with Crippen molar-refractivity contribution in [2.75, 3.05) is 5.75 Å². The Kier molecular flexibility index (Phi) is 9.67. The fourth-order valence-corrected chi connectivity index (χ4v) is 4.59. The number of hydrogen-bond donors (Lipinski definition) is 1. The molecule has 0 saturated carbocycles. The van der Waals surface area contributed by atoms with Crippen molar-refractivity contribution in [2.45, 2.75) is 50.2 Å². The van der Waals surface area contributed by atoms with E-state index >= 15 is 0 Å². The van der Waals surface area contributed by atoms with Gasteiger partial charge in [-0.2, -0.15) is 0 Å². The van der Waals surface area contributed by atoms with Gasteiger partial charge in [0.1, 0.15) is 6.04 Å². The van der Waals surface area contributed by atoms with Gasteiger partial charge < -0.3 is 10.2 Å². The minimum absolute atomic E-state index is 0.120. The predicted molar refractivity (Wildman–Crippen MR) is 146 cm³/mol. The number of nitrogens with one attached hydrogen (secondary N) is 1. The Balaban J connectivity index is 1.91. The molecule has 0 saturated heterocycles. The van der Waals surface area contributed by atoms with Gasteiger partial charge in [0, 0.05) is 33.4 Å². The highest BCUT2D eigenvalue weighted by Gasteiger charge is 2.32. The molecule has 0 radical (unpaired) electrons. The third-order valence-corrected chi connectivity index (χ3v) is 6.71. The molecule has 0 fully saturated rings. The molecule has 1 N–H and O–H groups in total. The number of carbonyl (C=O) groups excluding carboxylic acids is 2. The van der Waals surface area contributed by atoms with Crippen LogP contribution in [0.5, 0.6) is 0 Å². The first kappa shape index (κ1) is 27.1. The summed E-state index contributed by atoms with van der Waals surface area (Å²) in [4.78, 5) is 29.8. The fourth-order valence-electron chi connectivity index (χ4n) is 3.55. The Bertz CT molecular complexity index is 1110. The van der Waals surface area contributed by atoms with Crippen molar-refractivity contribution in [3.8, 4) is 0 Å². The van der Waals surface area contributed by atoms with Crippen molar-refractivity contribution < 1.29 is 9.59 Å². The Labute approximate surface area is 222 Å². The van der Waals surface area contributed by atoms with Gasteiger partial charge in [0.25, 0.3) is 0 Å². The largest absolute Gasteiger partial charge is 0.350 e. The minimum Gasteiger partial charge on any atom is -0.350 e. The first-order valence-corrected chi connectivity index (χ1v) is 13.1. The lowest BCUT2D eigenvalue weighted by atomic mass is 10.0. The van der Waals surface area contributed by atoms with Crippen molar-refractivity contribution in [1.29, 1.82) is 0 Å². The van der Waals surface area contributed by atoms with Crippen LogP contribution in [0.25, 0.3) is 0 Å². The van der Waals surface area contributed by atoms with Gasteiger partial charge in [-0.05, 0) is 68.3 Å². The number of halogens is 2. The molecule has 0 heterocycles. The zero-order valence-electron chi connectivity index (χ0n) is 20.1. The molecule has 0 bridgehead atoms. The quantitative estimate of drug-likeness (QED) is 0.316. The third-order valence-electron chi connectivity index (χ3n) is 5.21. The van der Waals surface area contributed by atoms with Gasteiger partial charge in [-0.3, -0.25) is 9.59 Å². The Morgan fingerprint density at radius 2 is 1.43 bits per heavy atom. The zero-order chi connectivity index (χ0) is 25.4. The highest BCUT2D eigenvalue weighted by molar-refractivity contribution is 8.00. The van der Waals surface area contributed by atoms with Crippen LogP contribution in [0.3, 0.4) is 0 Å². The molecule has 3 rings (SSSR count). The second kappa shape index (κ2) is 12.5.